The highest BCUT2D eigenvalue weighted by Gasteiger charge is 2.07. The van der Waals surface area contributed by atoms with Gasteiger partial charge in [0.15, 0.2) is 0 Å². The molecule has 0 aliphatic carbocycles. The molecule has 0 fully saturated rings. The largest absolute Gasteiger partial charge is 0.488 e. The molecule has 0 radical (unpaired) electrons. The number of rotatable bonds is 2. The van der Waals surface area contributed by atoms with Crippen molar-refractivity contribution in [3.63, 3.8) is 0 Å². The average Bonchev–Trinajstić information content (AvgIpc) is 2.76. The second-order valence-corrected chi connectivity index (χ2v) is 7.07. The van der Waals surface area contributed by atoms with Crippen molar-refractivity contribution >= 4 is 47.4 Å². The van der Waals surface area contributed by atoms with Gasteiger partial charge in [-0.25, -0.2) is 4.98 Å². The van der Waals surface area contributed by atoms with Gasteiger partial charge in [-0.1, -0.05) is 95.5 Å². The standard InChI is InChI=1S/C11H8ClN.C6H7BO2.C5H3Cl2N/c12-10-6-7-13-11(8-10)9-4-2-1-3-5-9;8-7(9)6-4-2-1-3-5-6;6-4-1-2-8-5(7)3-4/h1-8H;1-5,8-9H;1-3H. The van der Waals surface area contributed by atoms with Crippen molar-refractivity contribution in [2.24, 2.45) is 0 Å². The summed E-state index contributed by atoms with van der Waals surface area (Å²) in [6.45, 7) is 0. The maximum Gasteiger partial charge on any atom is 0.488 e. The smallest absolute Gasteiger partial charge is 0.423 e. The summed E-state index contributed by atoms with van der Waals surface area (Å²) in [5.74, 6) is 0. The Hall–Kier alpha value is -2.41. The first-order valence-corrected chi connectivity index (χ1v) is 9.94. The number of nitrogens with zero attached hydrogens (tertiary/aromatic N) is 2. The van der Waals surface area contributed by atoms with E-state index in [2.05, 4.69) is 9.97 Å². The summed E-state index contributed by atoms with van der Waals surface area (Å²) in [6.07, 6.45) is 3.27. The summed E-state index contributed by atoms with van der Waals surface area (Å²) < 4.78 is 0. The monoisotopic (exact) mass is 458 g/mol. The van der Waals surface area contributed by atoms with Gasteiger partial charge in [0.1, 0.15) is 5.15 Å². The van der Waals surface area contributed by atoms with Crippen molar-refractivity contribution in [3.05, 3.63) is 113 Å². The predicted octanol–water partition coefficient (Wildman–Crippen LogP) is 5.16. The minimum atomic E-state index is -1.34. The van der Waals surface area contributed by atoms with Crippen LogP contribution in [0.2, 0.25) is 15.2 Å². The Morgan fingerprint density at radius 2 is 1.17 bits per heavy atom. The molecular formula is C22H18BCl3N2O2. The molecule has 4 aromatic rings. The number of hydrogen-bond donors (Lipinski definition) is 2. The lowest BCUT2D eigenvalue weighted by Gasteiger charge is -1.99. The van der Waals surface area contributed by atoms with Crippen LogP contribution in [0.3, 0.4) is 0 Å². The van der Waals surface area contributed by atoms with E-state index in [-0.39, 0.29) is 0 Å². The number of pyridine rings is 2. The van der Waals surface area contributed by atoms with Crippen molar-refractivity contribution in [2.45, 2.75) is 0 Å². The molecule has 0 saturated carbocycles. The highest BCUT2D eigenvalue weighted by Crippen LogP contribution is 2.19. The molecule has 152 valence electrons. The van der Waals surface area contributed by atoms with Crippen molar-refractivity contribution in [1.82, 2.24) is 9.97 Å². The molecular weight excluding hydrogens is 441 g/mol. The van der Waals surface area contributed by atoms with Crippen LogP contribution in [0.25, 0.3) is 11.3 Å². The quantitative estimate of drug-likeness (QED) is 0.321. The third-order valence-corrected chi connectivity index (χ3v) is 4.25. The lowest BCUT2D eigenvalue weighted by molar-refractivity contribution is 0.426. The molecule has 0 aliphatic rings. The fourth-order valence-electron chi connectivity index (χ4n) is 2.18. The highest BCUT2D eigenvalue weighted by molar-refractivity contribution is 6.58. The number of halogens is 3. The molecule has 2 heterocycles. The predicted molar refractivity (Wildman–Crippen MR) is 125 cm³/mol. The highest BCUT2D eigenvalue weighted by atomic mass is 35.5. The van der Waals surface area contributed by atoms with Gasteiger partial charge in [-0.2, -0.15) is 0 Å². The van der Waals surface area contributed by atoms with Crippen LogP contribution >= 0.6 is 34.8 Å². The van der Waals surface area contributed by atoms with Crippen LogP contribution in [-0.4, -0.2) is 27.1 Å². The van der Waals surface area contributed by atoms with E-state index in [1.807, 2.05) is 42.5 Å². The molecule has 2 aromatic carbocycles. The Morgan fingerprint density at radius 3 is 1.60 bits per heavy atom. The first-order valence-electron chi connectivity index (χ1n) is 8.81. The summed E-state index contributed by atoms with van der Waals surface area (Å²) in [6, 6.07) is 25.5. The van der Waals surface area contributed by atoms with E-state index in [1.54, 1.807) is 54.9 Å². The summed E-state index contributed by atoms with van der Waals surface area (Å²) in [5, 5.41) is 18.9. The van der Waals surface area contributed by atoms with Crippen molar-refractivity contribution in [3.8, 4) is 11.3 Å². The second kappa shape index (κ2) is 13.0. The lowest BCUT2D eigenvalue weighted by atomic mass is 9.81. The number of benzene rings is 2. The molecule has 0 aliphatic heterocycles. The molecule has 0 bridgehead atoms. The summed E-state index contributed by atoms with van der Waals surface area (Å²) in [4.78, 5) is 7.95. The third kappa shape index (κ3) is 8.95. The molecule has 0 atom stereocenters. The molecule has 2 N–H and O–H groups in total. The maximum atomic E-state index is 8.58. The van der Waals surface area contributed by atoms with E-state index in [0.717, 1.165) is 11.3 Å². The van der Waals surface area contributed by atoms with Crippen LogP contribution in [-0.2, 0) is 0 Å². The Kier molecular flexibility index (Phi) is 10.4. The third-order valence-electron chi connectivity index (χ3n) is 3.58. The van der Waals surface area contributed by atoms with Gasteiger partial charge >= 0.3 is 7.12 Å². The van der Waals surface area contributed by atoms with Crippen LogP contribution < -0.4 is 5.46 Å². The van der Waals surface area contributed by atoms with E-state index < -0.39 is 7.12 Å². The van der Waals surface area contributed by atoms with E-state index in [9.17, 15) is 0 Å². The molecule has 0 unspecified atom stereocenters. The zero-order valence-electron chi connectivity index (χ0n) is 15.7. The van der Waals surface area contributed by atoms with Gasteiger partial charge in [-0.3, -0.25) is 4.98 Å². The molecule has 0 amide bonds. The number of aromatic nitrogens is 2. The second-order valence-electron chi connectivity index (χ2n) is 5.81. The van der Waals surface area contributed by atoms with Crippen molar-refractivity contribution < 1.29 is 10.0 Å². The summed E-state index contributed by atoms with van der Waals surface area (Å²) in [7, 11) is -1.34. The van der Waals surface area contributed by atoms with Crippen LogP contribution in [0, 0.1) is 0 Å². The summed E-state index contributed by atoms with van der Waals surface area (Å²) in [5.41, 5.74) is 2.52. The van der Waals surface area contributed by atoms with Gasteiger partial charge in [0, 0.05) is 28.0 Å². The lowest BCUT2D eigenvalue weighted by Crippen LogP contribution is -2.29. The van der Waals surface area contributed by atoms with Crippen LogP contribution in [0.4, 0.5) is 0 Å². The molecule has 4 nitrogen and oxygen atoms in total. The molecule has 8 heteroatoms. The number of hydrogen-bond acceptors (Lipinski definition) is 4. The van der Waals surface area contributed by atoms with Gasteiger partial charge in [0.2, 0.25) is 0 Å². The Labute approximate surface area is 190 Å². The summed E-state index contributed by atoms with van der Waals surface area (Å²) >= 11 is 16.8. The van der Waals surface area contributed by atoms with E-state index in [0.29, 0.717) is 20.7 Å². The fraction of sp³-hybridized carbons (Fsp3) is 0. The molecule has 4 rings (SSSR count). The van der Waals surface area contributed by atoms with Gasteiger partial charge < -0.3 is 10.0 Å². The van der Waals surface area contributed by atoms with Crippen LogP contribution in [0.5, 0.6) is 0 Å². The first-order chi connectivity index (χ1) is 14.5. The zero-order chi connectivity index (χ0) is 21.8. The van der Waals surface area contributed by atoms with E-state index >= 15 is 0 Å². The van der Waals surface area contributed by atoms with Gasteiger partial charge in [-0.15, -0.1) is 0 Å². The van der Waals surface area contributed by atoms with Crippen molar-refractivity contribution in [1.29, 1.82) is 0 Å². The van der Waals surface area contributed by atoms with Gasteiger partial charge in [-0.05, 0) is 29.7 Å². The normalized spacial score (nSPS) is 9.50. The molecule has 0 spiro atoms. The van der Waals surface area contributed by atoms with E-state index in [1.165, 1.54) is 0 Å². The van der Waals surface area contributed by atoms with Crippen LogP contribution in [0.15, 0.2) is 97.3 Å². The van der Waals surface area contributed by atoms with Crippen molar-refractivity contribution in [2.75, 3.05) is 0 Å². The maximum absolute atomic E-state index is 8.58. The first kappa shape index (κ1) is 23.9. The molecule has 2 aromatic heterocycles. The SMILES string of the molecule is Clc1ccnc(-c2ccccc2)c1.Clc1ccnc(Cl)c1.OB(O)c1ccccc1. The molecule has 30 heavy (non-hydrogen) atoms. The Morgan fingerprint density at radius 1 is 0.633 bits per heavy atom. The zero-order valence-corrected chi connectivity index (χ0v) is 18.0. The average molecular weight is 460 g/mol. The van der Waals surface area contributed by atoms with Crippen LogP contribution in [0.1, 0.15) is 0 Å². The Bertz CT molecular complexity index is 1010. The van der Waals surface area contributed by atoms with Gasteiger partial charge in [0.05, 0.1) is 5.69 Å². The minimum Gasteiger partial charge on any atom is -0.423 e. The Balaban J connectivity index is 0.000000167. The topological polar surface area (TPSA) is 66.2 Å². The fourth-order valence-corrected chi connectivity index (χ4v) is 2.72. The minimum absolute atomic E-state index is 0.428. The van der Waals surface area contributed by atoms with Gasteiger partial charge in [0.25, 0.3) is 0 Å². The van der Waals surface area contributed by atoms with E-state index in [4.69, 9.17) is 44.9 Å². The molecule has 0 saturated heterocycles.